The van der Waals surface area contributed by atoms with Crippen molar-refractivity contribution in [3.05, 3.63) is 21.4 Å². The lowest BCUT2D eigenvalue weighted by Gasteiger charge is -2.27. The van der Waals surface area contributed by atoms with Gasteiger partial charge in [0.15, 0.2) is 5.78 Å². The third kappa shape index (κ3) is 3.68. The van der Waals surface area contributed by atoms with Crippen LogP contribution in [0.25, 0.3) is 0 Å². The molecule has 4 heteroatoms. The molecule has 3 nitrogen and oxygen atoms in total. The fraction of sp³-hybridized carbons (Fsp3) is 0.688. The van der Waals surface area contributed by atoms with Crippen LogP contribution in [0.3, 0.4) is 0 Å². The summed E-state index contributed by atoms with van der Waals surface area (Å²) < 4.78 is 0. The minimum absolute atomic E-state index is 0.260. The molecule has 1 saturated heterocycles. The van der Waals surface area contributed by atoms with Crippen molar-refractivity contribution >= 4 is 17.1 Å². The van der Waals surface area contributed by atoms with Crippen molar-refractivity contribution in [3.8, 4) is 0 Å². The first-order valence-corrected chi connectivity index (χ1v) is 8.35. The van der Waals surface area contributed by atoms with Gasteiger partial charge in [-0.3, -0.25) is 14.6 Å². The Bertz CT molecular complexity index is 469. The Labute approximate surface area is 126 Å². The van der Waals surface area contributed by atoms with Crippen molar-refractivity contribution in [2.75, 3.05) is 33.2 Å². The number of Topliss-reactive ketones (excluding diaryl/α,β-unsaturated/α-hetero) is 1. The molecule has 0 N–H and O–H groups in total. The first-order chi connectivity index (χ1) is 9.51. The Morgan fingerprint density at radius 2 is 2.25 bits per heavy atom. The summed E-state index contributed by atoms with van der Waals surface area (Å²) in [6, 6.07) is 2.66. The lowest BCUT2D eigenvalue weighted by molar-refractivity contribution is 0.0929. The number of carbonyl (C=O) groups is 1. The van der Waals surface area contributed by atoms with Gasteiger partial charge < -0.3 is 0 Å². The number of likely N-dealkylation sites (N-methyl/N-ethyl adjacent to an activating group) is 2. The van der Waals surface area contributed by atoms with Gasteiger partial charge in [0.2, 0.25) is 0 Å². The maximum Gasteiger partial charge on any atom is 0.177 e. The number of thiophene rings is 1. The smallest absolute Gasteiger partial charge is 0.177 e. The van der Waals surface area contributed by atoms with Gasteiger partial charge in [0.25, 0.3) is 0 Å². The van der Waals surface area contributed by atoms with E-state index in [9.17, 15) is 4.79 Å². The van der Waals surface area contributed by atoms with Gasteiger partial charge in [-0.1, -0.05) is 6.92 Å². The van der Waals surface area contributed by atoms with Crippen LogP contribution >= 0.6 is 11.3 Å². The van der Waals surface area contributed by atoms with Gasteiger partial charge in [0.1, 0.15) is 0 Å². The summed E-state index contributed by atoms with van der Waals surface area (Å²) in [7, 11) is 2.07. The van der Waals surface area contributed by atoms with Gasteiger partial charge in [-0.15, -0.1) is 11.3 Å². The Balaban J connectivity index is 1.89. The highest BCUT2D eigenvalue weighted by Crippen LogP contribution is 2.22. The molecule has 1 aromatic heterocycles. The molecule has 1 aliphatic heterocycles. The maximum absolute atomic E-state index is 12.4. The standard InChI is InChI=1S/C16H26N2OS/c1-5-18-8-6-7-14(18)10-17(4)11-16(19)15-9-12(2)20-13(15)3/h9,14H,5-8,10-11H2,1-4H3. The molecule has 1 aliphatic rings. The van der Waals surface area contributed by atoms with E-state index in [2.05, 4.69) is 30.7 Å². The molecule has 0 bridgehead atoms. The van der Waals surface area contributed by atoms with Crippen LogP contribution in [-0.2, 0) is 0 Å². The molecule has 20 heavy (non-hydrogen) atoms. The van der Waals surface area contributed by atoms with E-state index >= 15 is 0 Å². The second kappa shape index (κ2) is 6.83. The van der Waals surface area contributed by atoms with Crippen molar-refractivity contribution in [1.82, 2.24) is 9.80 Å². The average molecular weight is 294 g/mol. The second-order valence-corrected chi connectivity index (χ2v) is 7.33. The molecule has 1 aromatic rings. The highest BCUT2D eigenvalue weighted by molar-refractivity contribution is 7.12. The molecule has 2 heterocycles. The molecule has 112 valence electrons. The van der Waals surface area contributed by atoms with Crippen molar-refractivity contribution in [3.63, 3.8) is 0 Å². The molecule has 1 unspecified atom stereocenters. The van der Waals surface area contributed by atoms with Crippen LogP contribution < -0.4 is 0 Å². The Hall–Kier alpha value is -0.710. The molecule has 0 aliphatic carbocycles. The summed E-state index contributed by atoms with van der Waals surface area (Å²) in [6.07, 6.45) is 2.56. The number of hydrogen-bond acceptors (Lipinski definition) is 4. The van der Waals surface area contributed by atoms with E-state index in [1.165, 1.54) is 24.3 Å². The lowest BCUT2D eigenvalue weighted by atomic mass is 10.1. The van der Waals surface area contributed by atoms with Gasteiger partial charge in [0, 0.05) is 27.9 Å². The Morgan fingerprint density at radius 3 is 2.85 bits per heavy atom. The van der Waals surface area contributed by atoms with E-state index in [1.54, 1.807) is 11.3 Å². The minimum atomic E-state index is 0.260. The zero-order chi connectivity index (χ0) is 14.7. The largest absolute Gasteiger partial charge is 0.299 e. The minimum Gasteiger partial charge on any atom is -0.299 e. The lowest BCUT2D eigenvalue weighted by Crippen LogP contribution is -2.40. The van der Waals surface area contributed by atoms with Crippen LogP contribution in [0.1, 0.15) is 39.9 Å². The van der Waals surface area contributed by atoms with Crippen LogP contribution in [0.2, 0.25) is 0 Å². The average Bonchev–Trinajstić information content (AvgIpc) is 2.95. The highest BCUT2D eigenvalue weighted by Gasteiger charge is 2.25. The quantitative estimate of drug-likeness (QED) is 0.754. The molecule has 1 atom stereocenters. The van der Waals surface area contributed by atoms with Crippen molar-refractivity contribution in [2.45, 2.75) is 39.7 Å². The SMILES string of the molecule is CCN1CCCC1CN(C)CC(=O)c1cc(C)sc1C. The third-order valence-electron chi connectivity index (χ3n) is 4.18. The number of likely N-dealkylation sites (tertiary alicyclic amines) is 1. The van der Waals surface area contributed by atoms with E-state index in [4.69, 9.17) is 0 Å². The summed E-state index contributed by atoms with van der Waals surface area (Å²) in [4.78, 5) is 19.5. The normalized spacial score (nSPS) is 19.9. The maximum atomic E-state index is 12.4. The van der Waals surface area contributed by atoms with Gasteiger partial charge >= 0.3 is 0 Å². The van der Waals surface area contributed by atoms with E-state index in [-0.39, 0.29) is 5.78 Å². The fourth-order valence-electron chi connectivity index (χ4n) is 3.18. The number of hydrogen-bond donors (Lipinski definition) is 0. The number of carbonyl (C=O) groups excluding carboxylic acids is 1. The fourth-order valence-corrected chi connectivity index (χ4v) is 4.12. The van der Waals surface area contributed by atoms with Gasteiger partial charge in [0.05, 0.1) is 6.54 Å². The summed E-state index contributed by atoms with van der Waals surface area (Å²) in [5.41, 5.74) is 0.915. The first-order valence-electron chi connectivity index (χ1n) is 7.54. The number of aryl methyl sites for hydroxylation is 2. The predicted molar refractivity (Wildman–Crippen MR) is 85.9 cm³/mol. The first kappa shape index (κ1) is 15.7. The summed E-state index contributed by atoms with van der Waals surface area (Å²) >= 11 is 1.71. The summed E-state index contributed by atoms with van der Waals surface area (Å²) in [5.74, 6) is 0.260. The van der Waals surface area contributed by atoms with Gasteiger partial charge in [-0.05, 0) is 52.9 Å². The highest BCUT2D eigenvalue weighted by atomic mass is 32.1. The zero-order valence-corrected chi connectivity index (χ0v) is 13.9. The van der Waals surface area contributed by atoms with E-state index < -0.39 is 0 Å². The topological polar surface area (TPSA) is 23.6 Å². The number of rotatable bonds is 6. The second-order valence-electron chi connectivity index (χ2n) is 5.87. The van der Waals surface area contributed by atoms with Crippen LogP contribution in [0.15, 0.2) is 6.07 Å². The predicted octanol–water partition coefficient (Wildman–Crippen LogP) is 2.96. The molecule has 0 amide bonds. The molecular formula is C16H26N2OS. The van der Waals surface area contributed by atoms with Gasteiger partial charge in [-0.2, -0.15) is 0 Å². The Morgan fingerprint density at radius 1 is 1.50 bits per heavy atom. The van der Waals surface area contributed by atoms with E-state index in [0.717, 1.165) is 23.5 Å². The summed E-state index contributed by atoms with van der Waals surface area (Å²) in [6.45, 7) is 10.2. The molecule has 2 rings (SSSR count). The third-order valence-corrected chi connectivity index (χ3v) is 5.15. The van der Waals surface area contributed by atoms with Crippen LogP contribution in [0.4, 0.5) is 0 Å². The van der Waals surface area contributed by atoms with Crippen molar-refractivity contribution in [1.29, 1.82) is 0 Å². The molecule has 0 spiro atoms. The van der Waals surface area contributed by atoms with Crippen molar-refractivity contribution in [2.24, 2.45) is 0 Å². The molecular weight excluding hydrogens is 268 g/mol. The number of nitrogens with zero attached hydrogens (tertiary/aromatic N) is 2. The van der Waals surface area contributed by atoms with E-state index in [1.807, 2.05) is 13.0 Å². The molecule has 0 aromatic carbocycles. The molecule has 0 radical (unpaired) electrons. The van der Waals surface area contributed by atoms with Gasteiger partial charge in [-0.25, -0.2) is 0 Å². The molecule has 0 saturated carbocycles. The van der Waals surface area contributed by atoms with Crippen molar-refractivity contribution < 1.29 is 4.79 Å². The van der Waals surface area contributed by atoms with Crippen LogP contribution in [0, 0.1) is 13.8 Å². The summed E-state index contributed by atoms with van der Waals surface area (Å²) in [5, 5.41) is 0. The van der Waals surface area contributed by atoms with E-state index in [0.29, 0.717) is 12.6 Å². The zero-order valence-electron chi connectivity index (χ0n) is 13.1. The molecule has 1 fully saturated rings. The monoisotopic (exact) mass is 294 g/mol. The number of ketones is 1. The Kier molecular flexibility index (Phi) is 5.35. The van der Waals surface area contributed by atoms with Crippen LogP contribution in [-0.4, -0.2) is 54.9 Å². The van der Waals surface area contributed by atoms with Crippen LogP contribution in [0.5, 0.6) is 0 Å².